The van der Waals surface area contributed by atoms with Gasteiger partial charge in [0.25, 0.3) is 0 Å². The first-order valence-electron chi connectivity index (χ1n) is 6.66. The third kappa shape index (κ3) is 5.50. The molecule has 120 valence electrons. The van der Waals surface area contributed by atoms with Crippen molar-refractivity contribution >= 4 is 35.5 Å². The molecule has 2 aromatic carbocycles. The van der Waals surface area contributed by atoms with E-state index in [9.17, 15) is 9.90 Å². The van der Waals surface area contributed by atoms with Crippen molar-refractivity contribution in [3.8, 4) is 11.5 Å². The van der Waals surface area contributed by atoms with Gasteiger partial charge in [-0.1, -0.05) is 11.6 Å². The number of nitrogens with one attached hydrogen (secondary N) is 1. The predicted molar refractivity (Wildman–Crippen MR) is 92.6 cm³/mol. The lowest BCUT2D eigenvalue weighted by Crippen LogP contribution is -2.19. The molecule has 1 amide bonds. The lowest BCUT2D eigenvalue weighted by molar-refractivity contribution is -0.118. The fraction of sp³-hybridized carbons (Fsp3) is 0.125. The molecule has 2 rings (SSSR count). The standard InChI is InChI=1S/C16H15ClN2O3S/c1-22-15-7-2-11(8-14(15)20)9-18-19-16(21)10-23-13-5-3-12(17)4-6-13/h2-9,20H,10H2,1H3,(H,19,21)/b18-9-. The Hall–Kier alpha value is -2.18. The molecular weight excluding hydrogens is 336 g/mol. The Balaban J connectivity index is 1.81. The highest BCUT2D eigenvalue weighted by molar-refractivity contribution is 8.00. The highest BCUT2D eigenvalue weighted by Crippen LogP contribution is 2.25. The van der Waals surface area contributed by atoms with Crippen molar-refractivity contribution in [3.05, 3.63) is 53.1 Å². The number of carbonyl (C=O) groups excluding carboxylic acids is 1. The van der Waals surface area contributed by atoms with E-state index in [0.717, 1.165) is 4.90 Å². The Morgan fingerprint density at radius 2 is 2.09 bits per heavy atom. The van der Waals surface area contributed by atoms with E-state index in [1.807, 2.05) is 12.1 Å². The second kappa shape index (κ2) is 8.45. The van der Waals surface area contributed by atoms with Gasteiger partial charge in [-0.05, 0) is 48.0 Å². The van der Waals surface area contributed by atoms with Crippen molar-refractivity contribution in [2.24, 2.45) is 5.10 Å². The summed E-state index contributed by atoms with van der Waals surface area (Å²) in [5.41, 5.74) is 3.08. The maximum Gasteiger partial charge on any atom is 0.250 e. The summed E-state index contributed by atoms with van der Waals surface area (Å²) in [6.07, 6.45) is 1.45. The Bertz CT molecular complexity index is 705. The van der Waals surface area contributed by atoms with Crippen LogP contribution < -0.4 is 10.2 Å². The molecule has 0 heterocycles. The molecule has 0 fully saturated rings. The van der Waals surface area contributed by atoms with Gasteiger partial charge in [-0.3, -0.25) is 4.79 Å². The summed E-state index contributed by atoms with van der Waals surface area (Å²) < 4.78 is 4.95. The maximum absolute atomic E-state index is 11.7. The number of phenolic OH excluding ortho intramolecular Hbond substituents is 1. The van der Waals surface area contributed by atoms with Gasteiger partial charge in [-0.25, -0.2) is 5.43 Å². The van der Waals surface area contributed by atoms with E-state index in [1.165, 1.54) is 31.2 Å². The van der Waals surface area contributed by atoms with Crippen LogP contribution in [0.5, 0.6) is 11.5 Å². The summed E-state index contributed by atoms with van der Waals surface area (Å²) in [5, 5.41) is 14.2. The van der Waals surface area contributed by atoms with E-state index in [0.29, 0.717) is 16.3 Å². The Kier molecular flexibility index (Phi) is 6.31. The molecule has 2 aromatic rings. The monoisotopic (exact) mass is 350 g/mol. The number of phenols is 1. The zero-order chi connectivity index (χ0) is 16.7. The summed E-state index contributed by atoms with van der Waals surface area (Å²) in [5.74, 6) is 0.415. The van der Waals surface area contributed by atoms with Crippen LogP contribution in [-0.4, -0.2) is 30.1 Å². The third-order valence-corrected chi connectivity index (χ3v) is 4.05. The number of hydrazone groups is 1. The Labute approximate surface area is 143 Å². The summed E-state index contributed by atoms with van der Waals surface area (Å²) in [6.45, 7) is 0. The van der Waals surface area contributed by atoms with Crippen molar-refractivity contribution < 1.29 is 14.6 Å². The molecule has 0 aromatic heterocycles. The van der Waals surface area contributed by atoms with Gasteiger partial charge in [0.2, 0.25) is 5.91 Å². The number of carbonyl (C=O) groups is 1. The highest BCUT2D eigenvalue weighted by Gasteiger charge is 2.03. The van der Waals surface area contributed by atoms with Crippen molar-refractivity contribution in [1.29, 1.82) is 0 Å². The summed E-state index contributed by atoms with van der Waals surface area (Å²) in [6, 6.07) is 12.1. The van der Waals surface area contributed by atoms with E-state index in [1.54, 1.807) is 24.3 Å². The van der Waals surface area contributed by atoms with Gasteiger partial charge >= 0.3 is 0 Å². The molecule has 23 heavy (non-hydrogen) atoms. The first-order chi connectivity index (χ1) is 11.1. The molecule has 0 atom stereocenters. The fourth-order valence-corrected chi connectivity index (χ4v) is 2.49. The number of amides is 1. The summed E-state index contributed by atoms with van der Waals surface area (Å²) in [4.78, 5) is 12.7. The number of methoxy groups -OCH3 is 1. The van der Waals surface area contributed by atoms with E-state index < -0.39 is 0 Å². The number of benzene rings is 2. The smallest absolute Gasteiger partial charge is 0.250 e. The maximum atomic E-state index is 11.7. The molecule has 0 aliphatic heterocycles. The van der Waals surface area contributed by atoms with Crippen LogP contribution in [0.1, 0.15) is 5.56 Å². The number of ether oxygens (including phenoxy) is 1. The van der Waals surface area contributed by atoms with E-state index in [2.05, 4.69) is 10.5 Å². The fourth-order valence-electron chi connectivity index (χ4n) is 1.68. The minimum Gasteiger partial charge on any atom is -0.504 e. The molecule has 0 aliphatic carbocycles. The van der Waals surface area contributed by atoms with Crippen LogP contribution in [0.3, 0.4) is 0 Å². The molecule has 0 saturated carbocycles. The van der Waals surface area contributed by atoms with Gasteiger partial charge < -0.3 is 9.84 Å². The number of thioether (sulfide) groups is 1. The molecule has 0 bridgehead atoms. The second-order valence-corrected chi connectivity index (χ2v) is 5.95. The minimum absolute atomic E-state index is 0.0149. The molecule has 5 nitrogen and oxygen atoms in total. The van der Waals surface area contributed by atoms with Crippen LogP contribution in [-0.2, 0) is 4.79 Å². The number of rotatable bonds is 6. The van der Waals surface area contributed by atoms with Crippen LogP contribution in [0.25, 0.3) is 0 Å². The van der Waals surface area contributed by atoms with E-state index in [-0.39, 0.29) is 17.4 Å². The molecule has 0 unspecified atom stereocenters. The van der Waals surface area contributed by atoms with E-state index in [4.69, 9.17) is 16.3 Å². The molecule has 2 N–H and O–H groups in total. The van der Waals surface area contributed by atoms with Gasteiger partial charge in [0.1, 0.15) is 0 Å². The quantitative estimate of drug-likeness (QED) is 0.476. The van der Waals surface area contributed by atoms with Crippen LogP contribution in [0.2, 0.25) is 5.02 Å². The minimum atomic E-state index is -0.223. The second-order valence-electron chi connectivity index (χ2n) is 4.47. The zero-order valence-corrected chi connectivity index (χ0v) is 13.9. The summed E-state index contributed by atoms with van der Waals surface area (Å²) >= 11 is 7.19. The van der Waals surface area contributed by atoms with Crippen LogP contribution >= 0.6 is 23.4 Å². The van der Waals surface area contributed by atoms with Gasteiger partial charge in [0, 0.05) is 9.92 Å². The SMILES string of the molecule is COc1ccc(/C=N\NC(=O)CSc2ccc(Cl)cc2)cc1O. The van der Waals surface area contributed by atoms with Gasteiger partial charge in [0.15, 0.2) is 11.5 Å². The van der Waals surface area contributed by atoms with Crippen LogP contribution in [0, 0.1) is 0 Å². The Morgan fingerprint density at radius 3 is 2.74 bits per heavy atom. The predicted octanol–water partition coefficient (Wildman–Crippen LogP) is 3.30. The number of hydrogen-bond donors (Lipinski definition) is 2. The lowest BCUT2D eigenvalue weighted by Gasteiger charge is -2.03. The van der Waals surface area contributed by atoms with Crippen molar-refractivity contribution in [2.75, 3.05) is 12.9 Å². The van der Waals surface area contributed by atoms with Crippen LogP contribution in [0.15, 0.2) is 52.5 Å². The molecule has 0 spiro atoms. The molecule has 7 heteroatoms. The average molecular weight is 351 g/mol. The largest absolute Gasteiger partial charge is 0.504 e. The third-order valence-electron chi connectivity index (χ3n) is 2.79. The topological polar surface area (TPSA) is 70.9 Å². The van der Waals surface area contributed by atoms with Gasteiger partial charge in [-0.2, -0.15) is 5.10 Å². The van der Waals surface area contributed by atoms with Gasteiger partial charge in [-0.15, -0.1) is 11.8 Å². The highest BCUT2D eigenvalue weighted by atomic mass is 35.5. The summed E-state index contributed by atoms with van der Waals surface area (Å²) in [7, 11) is 1.47. The first-order valence-corrected chi connectivity index (χ1v) is 8.02. The average Bonchev–Trinajstić information content (AvgIpc) is 2.54. The number of halogens is 1. The lowest BCUT2D eigenvalue weighted by atomic mass is 10.2. The molecule has 0 saturated heterocycles. The Morgan fingerprint density at radius 1 is 1.35 bits per heavy atom. The normalized spacial score (nSPS) is 10.7. The molecule has 0 radical (unpaired) electrons. The first kappa shape index (κ1) is 17.2. The van der Waals surface area contributed by atoms with E-state index >= 15 is 0 Å². The number of aromatic hydroxyl groups is 1. The van der Waals surface area contributed by atoms with Crippen molar-refractivity contribution in [3.63, 3.8) is 0 Å². The zero-order valence-electron chi connectivity index (χ0n) is 12.3. The van der Waals surface area contributed by atoms with Crippen LogP contribution in [0.4, 0.5) is 0 Å². The molecular formula is C16H15ClN2O3S. The van der Waals surface area contributed by atoms with Crippen molar-refractivity contribution in [1.82, 2.24) is 5.43 Å². The number of hydrogen-bond acceptors (Lipinski definition) is 5. The molecule has 0 aliphatic rings. The van der Waals surface area contributed by atoms with Gasteiger partial charge in [0.05, 0.1) is 19.1 Å². The number of nitrogens with zero attached hydrogens (tertiary/aromatic N) is 1. The van der Waals surface area contributed by atoms with Crippen molar-refractivity contribution in [2.45, 2.75) is 4.90 Å².